The van der Waals surface area contributed by atoms with E-state index in [1.165, 1.54) is 7.05 Å². The highest BCUT2D eigenvalue weighted by Crippen LogP contribution is 2.41. The number of nitrogens with two attached hydrogens (primary N) is 1. The predicted molar refractivity (Wildman–Crippen MR) is 113 cm³/mol. The number of aromatic amines is 1. The molecule has 2 aromatic heterocycles. The summed E-state index contributed by atoms with van der Waals surface area (Å²) in [6.07, 6.45) is 3.13. The van der Waals surface area contributed by atoms with Gasteiger partial charge < -0.3 is 10.2 Å². The summed E-state index contributed by atoms with van der Waals surface area (Å²) in [4.78, 5) is 27.6. The van der Waals surface area contributed by atoms with E-state index < -0.39 is 5.69 Å². The van der Waals surface area contributed by atoms with Crippen molar-refractivity contribution >= 4 is 11.1 Å². The largest absolute Gasteiger partial charge is 0.439 e. The van der Waals surface area contributed by atoms with Gasteiger partial charge in [-0.15, -0.1) is 0 Å². The molecule has 0 radical (unpaired) electrons. The van der Waals surface area contributed by atoms with Crippen LogP contribution in [-0.4, -0.2) is 9.55 Å². The third-order valence-corrected chi connectivity index (χ3v) is 5.98. The molecule has 0 bridgehead atoms. The van der Waals surface area contributed by atoms with Crippen molar-refractivity contribution in [2.75, 3.05) is 0 Å². The highest BCUT2D eigenvalue weighted by atomic mass is 16.3. The number of fused-ring (bicyclic) bond motifs is 1. The topological polar surface area (TPSA) is 94.0 Å². The van der Waals surface area contributed by atoms with Crippen LogP contribution in [0.2, 0.25) is 0 Å². The number of nitrogens with one attached hydrogen (secondary N) is 1. The molecule has 0 saturated heterocycles. The third kappa shape index (κ3) is 2.68. The highest BCUT2D eigenvalue weighted by molar-refractivity contribution is 5.99. The quantitative estimate of drug-likeness (QED) is 0.563. The lowest BCUT2D eigenvalue weighted by atomic mass is 9.72. The van der Waals surface area contributed by atoms with Crippen molar-refractivity contribution in [3.05, 3.63) is 81.0 Å². The molecule has 2 aromatic carbocycles. The maximum Gasteiger partial charge on any atom is 0.330 e. The summed E-state index contributed by atoms with van der Waals surface area (Å²) < 4.78 is 7.08. The number of furan rings is 1. The van der Waals surface area contributed by atoms with Crippen LogP contribution in [0.25, 0.3) is 33.6 Å². The van der Waals surface area contributed by atoms with E-state index >= 15 is 0 Å². The van der Waals surface area contributed by atoms with E-state index in [-0.39, 0.29) is 16.8 Å². The standard InChI is InChI=1S/C23H21N3O3/c1-26-21(27)18-17(14-6-3-2-4-7-14)19(29-20(18)25-22(26)28)15-8-10-16(11-9-15)23(24)12-5-13-23/h2-4,6-11H,5,12-13,24H2,1H3,(H,25,28). The van der Waals surface area contributed by atoms with Gasteiger partial charge in [0.25, 0.3) is 5.56 Å². The highest BCUT2D eigenvalue weighted by Gasteiger charge is 2.34. The minimum atomic E-state index is -0.507. The summed E-state index contributed by atoms with van der Waals surface area (Å²) in [6.45, 7) is 0. The van der Waals surface area contributed by atoms with Gasteiger partial charge in [-0.3, -0.25) is 14.3 Å². The van der Waals surface area contributed by atoms with E-state index in [4.69, 9.17) is 10.2 Å². The monoisotopic (exact) mass is 387 g/mol. The number of H-pyrrole nitrogens is 1. The molecular formula is C23H21N3O3. The first-order valence-corrected chi connectivity index (χ1v) is 9.69. The Bertz CT molecular complexity index is 1320. The zero-order chi connectivity index (χ0) is 20.2. The van der Waals surface area contributed by atoms with Gasteiger partial charge in [-0.2, -0.15) is 0 Å². The van der Waals surface area contributed by atoms with E-state index in [2.05, 4.69) is 4.98 Å². The Balaban J connectivity index is 1.76. The molecule has 5 rings (SSSR count). The zero-order valence-corrected chi connectivity index (χ0v) is 16.1. The number of hydrogen-bond donors (Lipinski definition) is 2. The van der Waals surface area contributed by atoms with Crippen molar-refractivity contribution < 1.29 is 4.42 Å². The zero-order valence-electron chi connectivity index (χ0n) is 16.1. The Morgan fingerprint density at radius 2 is 1.69 bits per heavy atom. The summed E-state index contributed by atoms with van der Waals surface area (Å²) in [6, 6.07) is 17.6. The van der Waals surface area contributed by atoms with Gasteiger partial charge in [0.15, 0.2) is 0 Å². The van der Waals surface area contributed by atoms with Crippen molar-refractivity contribution in [2.45, 2.75) is 24.8 Å². The second-order valence-corrected chi connectivity index (χ2v) is 7.76. The summed E-state index contributed by atoms with van der Waals surface area (Å²) in [5, 5.41) is 0.367. The van der Waals surface area contributed by atoms with Crippen LogP contribution >= 0.6 is 0 Å². The minimum absolute atomic E-state index is 0.185. The van der Waals surface area contributed by atoms with Crippen LogP contribution in [0.1, 0.15) is 24.8 Å². The summed E-state index contributed by atoms with van der Waals surface area (Å²) in [5.41, 5.74) is 8.96. The Morgan fingerprint density at radius 1 is 1.00 bits per heavy atom. The van der Waals surface area contributed by atoms with E-state index in [1.54, 1.807) is 0 Å². The molecule has 4 aromatic rings. The molecule has 1 fully saturated rings. The first-order chi connectivity index (χ1) is 14.0. The van der Waals surface area contributed by atoms with Crippen molar-refractivity contribution in [1.82, 2.24) is 9.55 Å². The molecule has 0 spiro atoms. The molecule has 0 atom stereocenters. The SMILES string of the molecule is Cn1c(=O)[nH]c2oc(-c3ccc(C4(N)CCC4)cc3)c(-c3ccccc3)c2c1=O. The summed E-state index contributed by atoms with van der Waals surface area (Å²) in [7, 11) is 1.45. The Morgan fingerprint density at radius 3 is 2.31 bits per heavy atom. The summed E-state index contributed by atoms with van der Waals surface area (Å²) >= 11 is 0. The maximum atomic E-state index is 12.9. The first kappa shape index (κ1) is 17.7. The lowest BCUT2D eigenvalue weighted by Gasteiger charge is -2.38. The molecule has 0 unspecified atom stereocenters. The van der Waals surface area contributed by atoms with Crippen molar-refractivity contribution in [2.24, 2.45) is 12.8 Å². The van der Waals surface area contributed by atoms with Crippen molar-refractivity contribution in [1.29, 1.82) is 0 Å². The number of hydrogen-bond acceptors (Lipinski definition) is 4. The number of nitrogens with zero attached hydrogens (tertiary/aromatic N) is 1. The molecule has 0 amide bonds. The van der Waals surface area contributed by atoms with Gasteiger partial charge in [0, 0.05) is 23.7 Å². The minimum Gasteiger partial charge on any atom is -0.439 e. The Labute approximate surface area is 166 Å². The first-order valence-electron chi connectivity index (χ1n) is 9.69. The van der Waals surface area contributed by atoms with E-state index in [0.29, 0.717) is 16.7 Å². The molecule has 2 heterocycles. The van der Waals surface area contributed by atoms with Gasteiger partial charge >= 0.3 is 5.69 Å². The lowest BCUT2D eigenvalue weighted by molar-refractivity contribution is 0.253. The molecule has 6 nitrogen and oxygen atoms in total. The number of rotatable bonds is 3. The number of aromatic nitrogens is 2. The average molecular weight is 387 g/mol. The molecule has 146 valence electrons. The average Bonchev–Trinajstić information content (AvgIpc) is 3.10. The predicted octanol–water partition coefficient (Wildman–Crippen LogP) is 3.49. The molecule has 1 saturated carbocycles. The molecule has 6 heteroatoms. The fourth-order valence-electron chi connectivity index (χ4n) is 4.05. The second kappa shape index (κ2) is 6.32. The van der Waals surface area contributed by atoms with Crippen LogP contribution in [0.15, 0.2) is 68.6 Å². The van der Waals surface area contributed by atoms with Gasteiger partial charge in [0.1, 0.15) is 11.1 Å². The fraction of sp³-hybridized carbons (Fsp3) is 0.217. The van der Waals surface area contributed by atoms with E-state index in [1.807, 2.05) is 54.6 Å². The fourth-order valence-corrected chi connectivity index (χ4v) is 4.05. The lowest BCUT2D eigenvalue weighted by Crippen LogP contribution is -2.43. The number of benzene rings is 2. The normalized spacial score (nSPS) is 15.4. The van der Waals surface area contributed by atoms with Crippen LogP contribution in [0, 0.1) is 0 Å². The third-order valence-electron chi connectivity index (χ3n) is 5.98. The van der Waals surface area contributed by atoms with Gasteiger partial charge in [-0.25, -0.2) is 4.79 Å². The van der Waals surface area contributed by atoms with Gasteiger partial charge in [-0.05, 0) is 30.4 Å². The van der Waals surface area contributed by atoms with Crippen LogP contribution in [-0.2, 0) is 12.6 Å². The van der Waals surface area contributed by atoms with Gasteiger partial charge in [0.05, 0.1) is 0 Å². The van der Waals surface area contributed by atoms with Crippen LogP contribution in [0.5, 0.6) is 0 Å². The van der Waals surface area contributed by atoms with Gasteiger partial charge in [0.2, 0.25) is 5.71 Å². The van der Waals surface area contributed by atoms with E-state index in [0.717, 1.165) is 40.5 Å². The molecule has 3 N–H and O–H groups in total. The molecule has 0 aliphatic heterocycles. The molecular weight excluding hydrogens is 366 g/mol. The molecule has 1 aliphatic carbocycles. The maximum absolute atomic E-state index is 12.9. The van der Waals surface area contributed by atoms with Crippen molar-refractivity contribution in [3.8, 4) is 22.5 Å². The van der Waals surface area contributed by atoms with Crippen molar-refractivity contribution in [3.63, 3.8) is 0 Å². The molecule has 29 heavy (non-hydrogen) atoms. The molecule has 1 aliphatic rings. The smallest absolute Gasteiger partial charge is 0.330 e. The van der Waals surface area contributed by atoms with Gasteiger partial charge in [-0.1, -0.05) is 54.6 Å². The van der Waals surface area contributed by atoms with Crippen LogP contribution in [0.3, 0.4) is 0 Å². The second-order valence-electron chi connectivity index (χ2n) is 7.76. The summed E-state index contributed by atoms with van der Waals surface area (Å²) in [5.74, 6) is 0.552. The van der Waals surface area contributed by atoms with Crippen LogP contribution < -0.4 is 17.0 Å². The Kier molecular flexibility index (Phi) is 3.86. The van der Waals surface area contributed by atoms with E-state index in [9.17, 15) is 9.59 Å². The van der Waals surface area contributed by atoms with Crippen LogP contribution in [0.4, 0.5) is 0 Å². The Hall–Kier alpha value is -3.38.